The van der Waals surface area contributed by atoms with Gasteiger partial charge in [0.15, 0.2) is 0 Å². The van der Waals surface area contributed by atoms with Gasteiger partial charge in [0.25, 0.3) is 0 Å². The molecule has 0 atom stereocenters. The van der Waals surface area contributed by atoms with Gasteiger partial charge in [0, 0.05) is 38.7 Å². The molecule has 2 rings (SSSR count). The van der Waals surface area contributed by atoms with Gasteiger partial charge in [-0.1, -0.05) is 6.92 Å². The predicted octanol–water partition coefficient (Wildman–Crippen LogP) is 1.18. The highest BCUT2D eigenvalue weighted by atomic mass is 16.5. The smallest absolute Gasteiger partial charge is 0.218 e. The number of aryl methyl sites for hydroxylation is 1. The molecule has 0 amide bonds. The molecular formula is C14H24N4O2. The average molecular weight is 280 g/mol. The highest BCUT2D eigenvalue weighted by Crippen LogP contribution is 2.13. The van der Waals surface area contributed by atoms with E-state index in [4.69, 9.17) is 9.47 Å². The van der Waals surface area contributed by atoms with Crippen molar-refractivity contribution < 1.29 is 9.47 Å². The summed E-state index contributed by atoms with van der Waals surface area (Å²) >= 11 is 0. The van der Waals surface area contributed by atoms with E-state index in [9.17, 15) is 0 Å². The first kappa shape index (κ1) is 15.0. The maximum absolute atomic E-state index is 5.47. The van der Waals surface area contributed by atoms with Gasteiger partial charge in [-0.25, -0.2) is 4.98 Å². The van der Waals surface area contributed by atoms with Crippen molar-refractivity contribution >= 4 is 5.82 Å². The maximum atomic E-state index is 5.47. The van der Waals surface area contributed by atoms with Crippen molar-refractivity contribution in [3.05, 3.63) is 11.9 Å². The Balaban J connectivity index is 1.85. The second-order valence-electron chi connectivity index (χ2n) is 4.68. The molecule has 2 heterocycles. The molecule has 0 bridgehead atoms. The Hall–Kier alpha value is -1.40. The minimum absolute atomic E-state index is 0.618. The topological polar surface area (TPSA) is 59.5 Å². The Labute approximate surface area is 120 Å². The van der Waals surface area contributed by atoms with Crippen LogP contribution in [0.4, 0.5) is 5.82 Å². The van der Waals surface area contributed by atoms with Gasteiger partial charge in [-0.05, 0) is 6.92 Å². The monoisotopic (exact) mass is 280 g/mol. The molecule has 1 aromatic rings. The van der Waals surface area contributed by atoms with Crippen LogP contribution in [0.3, 0.4) is 0 Å². The van der Waals surface area contributed by atoms with Gasteiger partial charge in [0.2, 0.25) is 5.88 Å². The average Bonchev–Trinajstić information content (AvgIpc) is 2.48. The van der Waals surface area contributed by atoms with Crippen LogP contribution in [0.25, 0.3) is 0 Å². The van der Waals surface area contributed by atoms with Crippen LogP contribution in [0.5, 0.6) is 5.88 Å². The molecular weight excluding hydrogens is 256 g/mol. The first-order chi connectivity index (χ1) is 9.81. The summed E-state index contributed by atoms with van der Waals surface area (Å²) in [6.45, 7) is 10.2. The molecule has 1 aliphatic rings. The molecule has 1 N–H and O–H groups in total. The lowest BCUT2D eigenvalue weighted by atomic mass is 10.4. The van der Waals surface area contributed by atoms with E-state index in [1.165, 1.54) is 0 Å². The Kier molecular flexibility index (Phi) is 6.01. The van der Waals surface area contributed by atoms with Crippen LogP contribution in [-0.4, -0.2) is 60.9 Å². The van der Waals surface area contributed by atoms with Crippen LogP contribution in [0.2, 0.25) is 0 Å². The van der Waals surface area contributed by atoms with Crippen LogP contribution in [0.1, 0.15) is 19.7 Å². The molecule has 6 nitrogen and oxygen atoms in total. The van der Waals surface area contributed by atoms with Gasteiger partial charge in [-0.15, -0.1) is 0 Å². The maximum Gasteiger partial charge on any atom is 0.218 e. The fourth-order valence-corrected chi connectivity index (χ4v) is 2.11. The van der Waals surface area contributed by atoms with Crippen molar-refractivity contribution in [1.82, 2.24) is 14.9 Å². The number of anilines is 1. The number of nitrogens with one attached hydrogen (secondary N) is 1. The summed E-state index contributed by atoms with van der Waals surface area (Å²) in [5.41, 5.74) is 0. The second kappa shape index (κ2) is 8.01. The van der Waals surface area contributed by atoms with Crippen LogP contribution in [-0.2, 0) is 11.2 Å². The highest BCUT2D eigenvalue weighted by Gasteiger charge is 2.10. The Morgan fingerprint density at radius 1 is 1.30 bits per heavy atom. The molecule has 112 valence electrons. The minimum Gasteiger partial charge on any atom is -0.478 e. The van der Waals surface area contributed by atoms with Gasteiger partial charge < -0.3 is 14.8 Å². The highest BCUT2D eigenvalue weighted by molar-refractivity contribution is 5.38. The van der Waals surface area contributed by atoms with Gasteiger partial charge in [0.05, 0.1) is 19.8 Å². The Morgan fingerprint density at radius 2 is 2.10 bits per heavy atom. The third-order valence-corrected chi connectivity index (χ3v) is 3.20. The zero-order valence-corrected chi connectivity index (χ0v) is 12.4. The van der Waals surface area contributed by atoms with E-state index in [0.29, 0.717) is 12.5 Å². The van der Waals surface area contributed by atoms with Crippen LogP contribution >= 0.6 is 0 Å². The summed E-state index contributed by atoms with van der Waals surface area (Å²) in [6, 6.07) is 1.86. The normalized spacial score (nSPS) is 16.1. The largest absolute Gasteiger partial charge is 0.478 e. The van der Waals surface area contributed by atoms with Crippen LogP contribution in [0.15, 0.2) is 6.07 Å². The molecule has 0 saturated carbocycles. The molecule has 0 spiro atoms. The number of hydrogen-bond acceptors (Lipinski definition) is 6. The van der Waals surface area contributed by atoms with Gasteiger partial charge in [-0.3, -0.25) is 4.90 Å². The molecule has 0 aliphatic carbocycles. The quantitative estimate of drug-likeness (QED) is 0.809. The molecule has 1 saturated heterocycles. The molecule has 1 aliphatic heterocycles. The Morgan fingerprint density at radius 3 is 2.80 bits per heavy atom. The SMILES string of the molecule is CCOc1cc(NCCN2CCOCC2)nc(CC)n1. The van der Waals surface area contributed by atoms with Crippen molar-refractivity contribution in [1.29, 1.82) is 0 Å². The lowest BCUT2D eigenvalue weighted by molar-refractivity contribution is 0.0398. The number of morpholine rings is 1. The van der Waals surface area contributed by atoms with E-state index in [2.05, 4.69) is 20.2 Å². The molecule has 6 heteroatoms. The van der Waals surface area contributed by atoms with Crippen molar-refractivity contribution in [3.63, 3.8) is 0 Å². The number of ether oxygens (including phenoxy) is 2. The number of aromatic nitrogens is 2. The van der Waals surface area contributed by atoms with Crippen LogP contribution < -0.4 is 10.1 Å². The fourth-order valence-electron chi connectivity index (χ4n) is 2.11. The number of nitrogens with zero attached hydrogens (tertiary/aromatic N) is 3. The van der Waals surface area contributed by atoms with Crippen molar-refractivity contribution in [2.75, 3.05) is 51.3 Å². The van der Waals surface area contributed by atoms with Crippen molar-refractivity contribution in [2.45, 2.75) is 20.3 Å². The van der Waals surface area contributed by atoms with Crippen molar-refractivity contribution in [3.8, 4) is 5.88 Å². The third-order valence-electron chi connectivity index (χ3n) is 3.20. The summed E-state index contributed by atoms with van der Waals surface area (Å²) in [5.74, 6) is 2.30. The van der Waals surface area contributed by atoms with E-state index in [1.54, 1.807) is 0 Å². The molecule has 0 aromatic carbocycles. The molecule has 1 aromatic heterocycles. The summed E-state index contributed by atoms with van der Waals surface area (Å²) in [7, 11) is 0. The molecule has 20 heavy (non-hydrogen) atoms. The zero-order chi connectivity index (χ0) is 14.2. The minimum atomic E-state index is 0.618. The first-order valence-electron chi connectivity index (χ1n) is 7.36. The van der Waals surface area contributed by atoms with Crippen molar-refractivity contribution in [2.24, 2.45) is 0 Å². The summed E-state index contributed by atoms with van der Waals surface area (Å²) < 4.78 is 10.8. The first-order valence-corrected chi connectivity index (χ1v) is 7.36. The third kappa shape index (κ3) is 4.61. The molecule has 0 unspecified atom stereocenters. The number of rotatable bonds is 7. The standard InChI is InChI=1S/C14H24N4O2/c1-3-12-16-13(11-14(17-12)20-4-2)15-5-6-18-7-9-19-10-8-18/h11H,3-10H2,1-2H3,(H,15,16,17). The second-order valence-corrected chi connectivity index (χ2v) is 4.68. The summed E-state index contributed by atoms with van der Waals surface area (Å²) in [4.78, 5) is 11.2. The van der Waals surface area contributed by atoms with E-state index >= 15 is 0 Å². The number of hydrogen-bond donors (Lipinski definition) is 1. The van der Waals surface area contributed by atoms with Gasteiger partial charge in [0.1, 0.15) is 11.6 Å². The Bertz CT molecular complexity index is 408. The van der Waals surface area contributed by atoms with E-state index < -0.39 is 0 Å². The zero-order valence-electron chi connectivity index (χ0n) is 12.4. The lowest BCUT2D eigenvalue weighted by Crippen LogP contribution is -2.39. The fraction of sp³-hybridized carbons (Fsp3) is 0.714. The van der Waals surface area contributed by atoms with Crippen LogP contribution in [0, 0.1) is 0 Å². The summed E-state index contributed by atoms with van der Waals surface area (Å²) in [5, 5.41) is 3.35. The van der Waals surface area contributed by atoms with E-state index in [0.717, 1.165) is 57.5 Å². The predicted molar refractivity (Wildman–Crippen MR) is 78.3 cm³/mol. The van der Waals surface area contributed by atoms with E-state index in [-0.39, 0.29) is 0 Å². The molecule has 0 radical (unpaired) electrons. The lowest BCUT2D eigenvalue weighted by Gasteiger charge is -2.26. The van der Waals surface area contributed by atoms with E-state index in [1.807, 2.05) is 19.9 Å². The summed E-state index contributed by atoms with van der Waals surface area (Å²) in [6.07, 6.45) is 0.805. The van der Waals surface area contributed by atoms with Gasteiger partial charge >= 0.3 is 0 Å². The van der Waals surface area contributed by atoms with Gasteiger partial charge in [-0.2, -0.15) is 4.98 Å². The molecule has 1 fully saturated rings.